The van der Waals surface area contributed by atoms with E-state index in [2.05, 4.69) is 5.10 Å². The van der Waals surface area contributed by atoms with Crippen LogP contribution in [0, 0.1) is 16.0 Å². The van der Waals surface area contributed by atoms with Crippen LogP contribution < -0.4 is 4.90 Å². The van der Waals surface area contributed by atoms with Crippen LogP contribution in [0.5, 0.6) is 0 Å². The summed E-state index contributed by atoms with van der Waals surface area (Å²) >= 11 is 0. The molecule has 1 aliphatic heterocycles. The average molecular weight is 270 g/mol. The first-order chi connectivity index (χ1) is 8.91. The maximum Gasteiger partial charge on any atom is 0.330 e. The normalized spacial score (nSPS) is 22.4. The highest BCUT2D eigenvalue weighted by molar-refractivity contribution is 5.73. The van der Waals surface area contributed by atoms with Crippen LogP contribution in [0.2, 0.25) is 0 Å². The van der Waals surface area contributed by atoms with Crippen molar-refractivity contribution < 1.29 is 19.6 Å². The first-order valence-electron chi connectivity index (χ1n) is 5.63. The third-order valence-electron chi connectivity index (χ3n) is 3.19. The van der Waals surface area contributed by atoms with Crippen molar-refractivity contribution in [3.63, 3.8) is 0 Å². The largest absolute Gasteiger partial charge is 0.481 e. The molecule has 104 valence electrons. The third-order valence-corrected chi connectivity index (χ3v) is 3.19. The van der Waals surface area contributed by atoms with E-state index in [1.165, 1.54) is 15.8 Å². The Labute approximate surface area is 108 Å². The SMILES string of the molecule is CN(c1nn(C)cc1[N+](=O)[O-])C1COCC1C(=O)O. The van der Waals surface area contributed by atoms with Gasteiger partial charge in [0, 0.05) is 14.1 Å². The van der Waals surface area contributed by atoms with Crippen LogP contribution in [0.25, 0.3) is 0 Å². The average Bonchev–Trinajstić information content (AvgIpc) is 2.93. The fourth-order valence-corrected chi connectivity index (χ4v) is 2.16. The highest BCUT2D eigenvalue weighted by Crippen LogP contribution is 2.30. The molecule has 9 nitrogen and oxygen atoms in total. The smallest absolute Gasteiger partial charge is 0.330 e. The molecular weight excluding hydrogens is 256 g/mol. The molecule has 2 unspecified atom stereocenters. The molecule has 0 bridgehead atoms. The summed E-state index contributed by atoms with van der Waals surface area (Å²) in [5.74, 6) is -1.55. The minimum Gasteiger partial charge on any atom is -0.481 e. The van der Waals surface area contributed by atoms with Crippen LogP contribution in [0.15, 0.2) is 6.20 Å². The Balaban J connectivity index is 2.31. The summed E-state index contributed by atoms with van der Waals surface area (Å²) in [4.78, 5) is 23.0. The van der Waals surface area contributed by atoms with Crippen molar-refractivity contribution in [3.05, 3.63) is 16.3 Å². The summed E-state index contributed by atoms with van der Waals surface area (Å²) in [6.45, 7) is 0.312. The molecule has 1 aromatic heterocycles. The number of aromatic nitrogens is 2. The van der Waals surface area contributed by atoms with Crippen molar-refractivity contribution >= 4 is 17.5 Å². The third kappa shape index (κ3) is 2.36. The molecule has 9 heteroatoms. The molecule has 2 heterocycles. The zero-order chi connectivity index (χ0) is 14.2. The summed E-state index contributed by atoms with van der Waals surface area (Å²) in [7, 11) is 3.16. The number of carboxylic acid groups (broad SMARTS) is 1. The van der Waals surface area contributed by atoms with Gasteiger partial charge in [0.25, 0.3) is 0 Å². The summed E-state index contributed by atoms with van der Waals surface area (Å²) < 4.78 is 6.48. The van der Waals surface area contributed by atoms with Gasteiger partial charge in [0.1, 0.15) is 12.1 Å². The van der Waals surface area contributed by atoms with E-state index in [1.807, 2.05) is 0 Å². The summed E-state index contributed by atoms with van der Waals surface area (Å²) in [5, 5.41) is 24.1. The van der Waals surface area contributed by atoms with Crippen molar-refractivity contribution in [2.45, 2.75) is 6.04 Å². The Morgan fingerprint density at radius 2 is 2.37 bits per heavy atom. The van der Waals surface area contributed by atoms with E-state index in [1.54, 1.807) is 14.1 Å². The molecule has 19 heavy (non-hydrogen) atoms. The van der Waals surface area contributed by atoms with Gasteiger partial charge in [-0.25, -0.2) is 0 Å². The lowest BCUT2D eigenvalue weighted by atomic mass is 10.0. The monoisotopic (exact) mass is 270 g/mol. The molecular formula is C10H14N4O5. The van der Waals surface area contributed by atoms with Crippen LogP contribution in [0.3, 0.4) is 0 Å². The van der Waals surface area contributed by atoms with Gasteiger partial charge in [0.2, 0.25) is 5.82 Å². The molecule has 0 radical (unpaired) electrons. The van der Waals surface area contributed by atoms with Gasteiger partial charge in [0.15, 0.2) is 0 Å². The molecule has 0 saturated carbocycles. The lowest BCUT2D eigenvalue weighted by Gasteiger charge is -2.25. The number of carboxylic acids is 1. The molecule has 0 aromatic carbocycles. The van der Waals surface area contributed by atoms with Gasteiger partial charge >= 0.3 is 11.7 Å². The van der Waals surface area contributed by atoms with Crippen molar-refractivity contribution in [2.75, 3.05) is 25.2 Å². The minimum absolute atomic E-state index is 0.102. The number of ether oxygens (including phenoxy) is 1. The zero-order valence-electron chi connectivity index (χ0n) is 10.5. The summed E-state index contributed by atoms with van der Waals surface area (Å²) in [6.07, 6.45) is 1.29. The number of hydrogen-bond acceptors (Lipinski definition) is 6. The second-order valence-corrected chi connectivity index (χ2v) is 4.43. The van der Waals surface area contributed by atoms with Crippen molar-refractivity contribution in [1.82, 2.24) is 9.78 Å². The van der Waals surface area contributed by atoms with Crippen LogP contribution in [0.1, 0.15) is 0 Å². The molecule has 1 N–H and O–H groups in total. The highest BCUT2D eigenvalue weighted by atomic mass is 16.6. The van der Waals surface area contributed by atoms with Gasteiger partial charge in [-0.15, -0.1) is 5.10 Å². The summed E-state index contributed by atoms with van der Waals surface area (Å²) in [6, 6.07) is -0.467. The molecule has 0 aliphatic carbocycles. The molecule has 0 spiro atoms. The first-order valence-corrected chi connectivity index (χ1v) is 5.63. The number of aryl methyl sites for hydroxylation is 1. The Morgan fingerprint density at radius 3 is 2.95 bits per heavy atom. The number of aliphatic carboxylic acids is 1. The Hall–Kier alpha value is -2.16. The molecule has 2 atom stereocenters. The number of anilines is 1. The molecule has 2 rings (SSSR count). The van der Waals surface area contributed by atoms with Gasteiger partial charge in [-0.2, -0.15) is 0 Å². The zero-order valence-corrected chi connectivity index (χ0v) is 10.5. The fraction of sp³-hybridized carbons (Fsp3) is 0.600. The topological polar surface area (TPSA) is 111 Å². The maximum absolute atomic E-state index is 11.1. The molecule has 1 saturated heterocycles. The predicted octanol–water partition coefficient (Wildman–Crippen LogP) is -0.136. The minimum atomic E-state index is -0.979. The predicted molar refractivity (Wildman–Crippen MR) is 64.0 cm³/mol. The number of likely N-dealkylation sites (N-methyl/N-ethyl adjacent to an activating group) is 1. The van der Waals surface area contributed by atoms with Crippen molar-refractivity contribution in [3.8, 4) is 0 Å². The van der Waals surface area contributed by atoms with E-state index in [0.717, 1.165) is 0 Å². The second-order valence-electron chi connectivity index (χ2n) is 4.43. The number of nitrogens with zero attached hydrogens (tertiary/aromatic N) is 4. The Bertz CT molecular complexity index is 514. The van der Waals surface area contributed by atoms with E-state index < -0.39 is 22.9 Å². The van der Waals surface area contributed by atoms with Crippen LogP contribution in [-0.2, 0) is 16.6 Å². The van der Waals surface area contributed by atoms with E-state index in [4.69, 9.17) is 9.84 Å². The molecule has 1 aliphatic rings. The number of nitro groups is 1. The van der Waals surface area contributed by atoms with Crippen molar-refractivity contribution in [1.29, 1.82) is 0 Å². The second kappa shape index (κ2) is 4.84. The van der Waals surface area contributed by atoms with E-state index >= 15 is 0 Å². The van der Waals surface area contributed by atoms with E-state index in [9.17, 15) is 14.9 Å². The molecule has 0 amide bonds. The van der Waals surface area contributed by atoms with Crippen molar-refractivity contribution in [2.24, 2.45) is 13.0 Å². The molecule has 1 fully saturated rings. The van der Waals surface area contributed by atoms with Crippen LogP contribution in [-0.4, -0.2) is 52.1 Å². The van der Waals surface area contributed by atoms with Gasteiger partial charge in [-0.1, -0.05) is 0 Å². The first kappa shape index (κ1) is 13.3. The Morgan fingerprint density at radius 1 is 1.68 bits per heavy atom. The highest BCUT2D eigenvalue weighted by Gasteiger charge is 2.39. The van der Waals surface area contributed by atoms with Crippen LogP contribution >= 0.6 is 0 Å². The van der Waals surface area contributed by atoms with Crippen LogP contribution in [0.4, 0.5) is 11.5 Å². The maximum atomic E-state index is 11.1. The fourth-order valence-electron chi connectivity index (χ4n) is 2.16. The van der Waals surface area contributed by atoms with Gasteiger partial charge in [0.05, 0.1) is 24.2 Å². The van der Waals surface area contributed by atoms with E-state index in [-0.39, 0.29) is 24.7 Å². The molecule has 1 aromatic rings. The Kier molecular flexibility index (Phi) is 3.38. The van der Waals surface area contributed by atoms with Gasteiger partial charge in [-0.05, 0) is 0 Å². The van der Waals surface area contributed by atoms with Gasteiger partial charge < -0.3 is 14.7 Å². The summed E-state index contributed by atoms with van der Waals surface area (Å²) in [5.41, 5.74) is -0.152. The number of hydrogen-bond donors (Lipinski definition) is 1. The lowest BCUT2D eigenvalue weighted by Crippen LogP contribution is -2.41. The van der Waals surface area contributed by atoms with E-state index in [0.29, 0.717) is 0 Å². The number of rotatable bonds is 4. The standard InChI is InChI=1S/C10H14N4O5/c1-12-3-7(14(17)18)9(11-12)13(2)8-5-19-4-6(8)10(15)16/h3,6,8H,4-5H2,1-2H3,(H,15,16). The van der Waals surface area contributed by atoms with Gasteiger partial charge in [-0.3, -0.25) is 19.6 Å². The lowest BCUT2D eigenvalue weighted by molar-refractivity contribution is -0.384. The quantitative estimate of drug-likeness (QED) is 0.599. The number of carbonyl (C=O) groups is 1.